The molecule has 0 saturated carbocycles. The Bertz CT molecular complexity index is 804. The van der Waals surface area contributed by atoms with Crippen LogP contribution in [0.2, 0.25) is 0 Å². The molecule has 0 aromatic heterocycles. The monoisotopic (exact) mass is 501 g/mol. The van der Waals surface area contributed by atoms with Gasteiger partial charge in [0.15, 0.2) is 17.5 Å². The molecule has 28 heavy (non-hydrogen) atoms. The smallest absolute Gasteiger partial charge is 0.231 e. The molecule has 0 bridgehead atoms. The van der Waals surface area contributed by atoms with Gasteiger partial charge >= 0.3 is 0 Å². The number of guanidine groups is 1. The van der Waals surface area contributed by atoms with E-state index in [1.54, 1.807) is 18.2 Å². The molecule has 1 unspecified atom stereocenters. The van der Waals surface area contributed by atoms with Gasteiger partial charge in [-0.15, -0.1) is 24.0 Å². The first-order chi connectivity index (χ1) is 13.2. The molecule has 2 aromatic carbocycles. The normalized spacial score (nSPS) is 13.6. The van der Waals surface area contributed by atoms with Gasteiger partial charge in [-0.1, -0.05) is 24.3 Å². The highest BCUT2D eigenvalue weighted by molar-refractivity contribution is 14.0. The Balaban J connectivity index is 0.00000280. The van der Waals surface area contributed by atoms with Crippen LogP contribution in [0.1, 0.15) is 24.2 Å². The Hall–Kier alpha value is -2.07. The van der Waals surface area contributed by atoms with Crippen molar-refractivity contribution < 1.29 is 19.0 Å². The van der Waals surface area contributed by atoms with Crippen molar-refractivity contribution in [3.05, 3.63) is 59.4 Å². The number of halogens is 2. The van der Waals surface area contributed by atoms with Gasteiger partial charge in [0.1, 0.15) is 11.9 Å². The second kappa shape index (κ2) is 11.1. The van der Waals surface area contributed by atoms with Gasteiger partial charge in [-0.2, -0.15) is 0 Å². The minimum absolute atomic E-state index is 0. The third-order valence-corrected chi connectivity index (χ3v) is 4.17. The van der Waals surface area contributed by atoms with Crippen LogP contribution in [0.5, 0.6) is 11.5 Å². The highest BCUT2D eigenvalue weighted by atomic mass is 127. The fourth-order valence-electron chi connectivity index (χ4n) is 2.78. The average molecular weight is 501 g/mol. The Morgan fingerprint density at radius 2 is 1.96 bits per heavy atom. The minimum Gasteiger partial charge on any atom is -0.454 e. The third-order valence-electron chi connectivity index (χ3n) is 4.17. The molecule has 1 aliphatic heterocycles. The summed E-state index contributed by atoms with van der Waals surface area (Å²) in [5.74, 6) is 1.68. The first-order valence-corrected chi connectivity index (χ1v) is 9.00. The zero-order chi connectivity index (χ0) is 19.1. The number of aliphatic hydroxyl groups excluding tert-OH is 1. The van der Waals surface area contributed by atoms with Crippen LogP contribution in [0.3, 0.4) is 0 Å². The summed E-state index contributed by atoms with van der Waals surface area (Å²) in [7, 11) is 0. The van der Waals surface area contributed by atoms with E-state index in [0.29, 0.717) is 19.0 Å². The Kier molecular flexibility index (Phi) is 8.78. The van der Waals surface area contributed by atoms with Crippen LogP contribution < -0.4 is 20.1 Å². The van der Waals surface area contributed by atoms with Crippen LogP contribution >= 0.6 is 24.0 Å². The van der Waals surface area contributed by atoms with Crippen LogP contribution in [0.25, 0.3) is 0 Å². The summed E-state index contributed by atoms with van der Waals surface area (Å²) in [6.07, 6.45) is -0.216. The number of hydrogen-bond acceptors (Lipinski definition) is 4. The SMILES string of the molecule is CCNC(=NCC(O)c1ccccc1F)NCCc1ccc2c(c1)OCO2.I. The molecule has 0 fully saturated rings. The summed E-state index contributed by atoms with van der Waals surface area (Å²) in [4.78, 5) is 4.35. The van der Waals surface area contributed by atoms with Gasteiger partial charge < -0.3 is 25.2 Å². The molecule has 0 aliphatic carbocycles. The zero-order valence-corrected chi connectivity index (χ0v) is 18.0. The van der Waals surface area contributed by atoms with E-state index in [1.807, 2.05) is 25.1 Å². The number of nitrogens with one attached hydrogen (secondary N) is 2. The van der Waals surface area contributed by atoms with Crippen LogP contribution in [0.15, 0.2) is 47.5 Å². The lowest BCUT2D eigenvalue weighted by Crippen LogP contribution is -2.38. The summed E-state index contributed by atoms with van der Waals surface area (Å²) >= 11 is 0. The van der Waals surface area contributed by atoms with E-state index in [-0.39, 0.29) is 42.9 Å². The van der Waals surface area contributed by atoms with E-state index < -0.39 is 11.9 Å². The third kappa shape index (κ3) is 5.96. The summed E-state index contributed by atoms with van der Waals surface area (Å²) < 4.78 is 24.4. The van der Waals surface area contributed by atoms with Crippen molar-refractivity contribution in [1.29, 1.82) is 0 Å². The van der Waals surface area contributed by atoms with Crippen LogP contribution in [0.4, 0.5) is 4.39 Å². The minimum atomic E-state index is -0.990. The number of aliphatic imine (C=N–C) groups is 1. The number of aliphatic hydroxyl groups is 1. The molecule has 3 rings (SSSR count). The van der Waals surface area contributed by atoms with Gasteiger partial charge in [-0.05, 0) is 37.1 Å². The van der Waals surface area contributed by atoms with Crippen molar-refractivity contribution in [3.8, 4) is 11.5 Å². The van der Waals surface area contributed by atoms with E-state index in [0.717, 1.165) is 23.5 Å². The largest absolute Gasteiger partial charge is 0.454 e. The van der Waals surface area contributed by atoms with E-state index in [2.05, 4.69) is 15.6 Å². The second-order valence-corrected chi connectivity index (χ2v) is 6.12. The van der Waals surface area contributed by atoms with Crippen molar-refractivity contribution in [3.63, 3.8) is 0 Å². The maximum absolute atomic E-state index is 13.7. The molecular weight excluding hydrogens is 476 g/mol. The quantitative estimate of drug-likeness (QED) is 0.309. The fourth-order valence-corrected chi connectivity index (χ4v) is 2.78. The summed E-state index contributed by atoms with van der Waals surface area (Å²) in [6.45, 7) is 3.63. The van der Waals surface area contributed by atoms with Gasteiger partial charge in [0.05, 0.1) is 6.54 Å². The lowest BCUT2D eigenvalue weighted by atomic mass is 10.1. The number of hydrogen-bond donors (Lipinski definition) is 3. The number of rotatable bonds is 7. The highest BCUT2D eigenvalue weighted by Gasteiger charge is 2.14. The maximum atomic E-state index is 13.7. The van der Waals surface area contributed by atoms with E-state index >= 15 is 0 Å². The molecule has 0 amide bonds. The van der Waals surface area contributed by atoms with Crippen molar-refractivity contribution in [1.82, 2.24) is 10.6 Å². The van der Waals surface area contributed by atoms with Gasteiger partial charge in [0.25, 0.3) is 0 Å². The molecule has 1 aliphatic rings. The molecule has 1 atom stereocenters. The van der Waals surface area contributed by atoms with Gasteiger partial charge in [-0.3, -0.25) is 4.99 Å². The van der Waals surface area contributed by atoms with Crippen molar-refractivity contribution >= 4 is 29.9 Å². The van der Waals surface area contributed by atoms with E-state index in [9.17, 15) is 9.50 Å². The Morgan fingerprint density at radius 1 is 1.18 bits per heavy atom. The summed E-state index contributed by atoms with van der Waals surface area (Å²) in [6, 6.07) is 12.1. The molecule has 0 saturated heterocycles. The molecule has 152 valence electrons. The average Bonchev–Trinajstić information content (AvgIpc) is 3.14. The molecule has 6 nitrogen and oxygen atoms in total. The molecule has 2 aromatic rings. The van der Waals surface area contributed by atoms with E-state index in [1.165, 1.54) is 6.07 Å². The number of nitrogens with zero attached hydrogens (tertiary/aromatic N) is 1. The first-order valence-electron chi connectivity index (χ1n) is 9.00. The molecular formula is C20H25FIN3O3. The first kappa shape index (κ1) is 22.2. The zero-order valence-electron chi connectivity index (χ0n) is 15.7. The predicted molar refractivity (Wildman–Crippen MR) is 117 cm³/mol. The Morgan fingerprint density at radius 3 is 2.75 bits per heavy atom. The standard InChI is InChI=1S/C20H24FN3O3.HI/c1-2-22-20(24-12-17(25)15-5-3-4-6-16(15)21)23-10-9-14-7-8-18-19(11-14)27-13-26-18;/h3-8,11,17,25H,2,9-10,12-13H2,1H3,(H2,22,23,24);1H. The van der Waals surface area contributed by atoms with Crippen molar-refractivity contribution in [2.45, 2.75) is 19.4 Å². The molecule has 8 heteroatoms. The molecule has 0 radical (unpaired) electrons. The number of fused-ring (bicyclic) bond motifs is 1. The van der Waals surface area contributed by atoms with Gasteiger partial charge in [0.2, 0.25) is 6.79 Å². The predicted octanol–water partition coefficient (Wildman–Crippen LogP) is 3.00. The fraction of sp³-hybridized carbons (Fsp3) is 0.350. The van der Waals surface area contributed by atoms with Crippen LogP contribution in [-0.2, 0) is 6.42 Å². The van der Waals surface area contributed by atoms with Crippen molar-refractivity contribution in [2.24, 2.45) is 4.99 Å². The lowest BCUT2D eigenvalue weighted by molar-refractivity contribution is 0.174. The number of benzene rings is 2. The maximum Gasteiger partial charge on any atom is 0.231 e. The topological polar surface area (TPSA) is 75.1 Å². The molecule has 1 heterocycles. The Labute approximate surface area is 181 Å². The van der Waals surface area contributed by atoms with Crippen molar-refractivity contribution in [2.75, 3.05) is 26.4 Å². The lowest BCUT2D eigenvalue weighted by Gasteiger charge is -2.14. The summed E-state index contributed by atoms with van der Waals surface area (Å²) in [5, 5.41) is 16.5. The van der Waals surface area contributed by atoms with Crippen LogP contribution in [-0.4, -0.2) is 37.5 Å². The molecule has 0 spiro atoms. The van der Waals surface area contributed by atoms with Gasteiger partial charge in [-0.25, -0.2) is 4.39 Å². The molecule has 3 N–H and O–H groups in total. The van der Waals surface area contributed by atoms with E-state index in [4.69, 9.17) is 9.47 Å². The highest BCUT2D eigenvalue weighted by Crippen LogP contribution is 2.32. The van der Waals surface area contributed by atoms with Crippen LogP contribution in [0, 0.1) is 5.82 Å². The summed E-state index contributed by atoms with van der Waals surface area (Å²) in [5.41, 5.74) is 1.37. The number of ether oxygens (including phenoxy) is 2. The second-order valence-electron chi connectivity index (χ2n) is 6.12. The van der Waals surface area contributed by atoms with Gasteiger partial charge in [0, 0.05) is 18.7 Å².